The minimum atomic E-state index is 0.693. The highest BCUT2D eigenvalue weighted by Crippen LogP contribution is 2.14. The SMILES string of the molecule is CCNC(=NCC1CCCN(C)C1)NCCCn1cccn1. The van der Waals surface area contributed by atoms with E-state index in [9.17, 15) is 0 Å². The molecule has 1 fully saturated rings. The van der Waals surface area contributed by atoms with Crippen LogP contribution in [-0.2, 0) is 6.54 Å². The van der Waals surface area contributed by atoms with Crippen LogP contribution in [0.1, 0.15) is 26.2 Å². The van der Waals surface area contributed by atoms with Crippen LogP contribution in [-0.4, -0.2) is 60.4 Å². The van der Waals surface area contributed by atoms with Gasteiger partial charge in [0.05, 0.1) is 0 Å². The van der Waals surface area contributed by atoms with Crippen LogP contribution in [0.3, 0.4) is 0 Å². The minimum Gasteiger partial charge on any atom is -0.357 e. The van der Waals surface area contributed by atoms with E-state index in [1.54, 1.807) is 0 Å². The predicted molar refractivity (Wildman–Crippen MR) is 91.0 cm³/mol. The van der Waals surface area contributed by atoms with Crippen molar-refractivity contribution < 1.29 is 0 Å². The van der Waals surface area contributed by atoms with Crippen molar-refractivity contribution in [2.45, 2.75) is 32.7 Å². The number of guanidine groups is 1. The van der Waals surface area contributed by atoms with Crippen LogP contribution in [0.5, 0.6) is 0 Å². The molecule has 1 aromatic rings. The van der Waals surface area contributed by atoms with Gasteiger partial charge in [0.25, 0.3) is 0 Å². The summed E-state index contributed by atoms with van der Waals surface area (Å²) < 4.78 is 1.96. The fourth-order valence-electron chi connectivity index (χ4n) is 2.86. The molecule has 1 aromatic heterocycles. The standard InChI is InChI=1S/C16H30N6/c1-3-17-16(18-8-5-11-22-12-6-9-20-22)19-13-15-7-4-10-21(2)14-15/h6,9,12,15H,3-5,7-8,10-11,13-14H2,1-2H3,(H2,17,18,19). The zero-order valence-electron chi connectivity index (χ0n) is 14.0. The Labute approximate surface area is 134 Å². The molecule has 1 unspecified atom stereocenters. The number of nitrogens with one attached hydrogen (secondary N) is 2. The molecule has 2 rings (SSSR count). The molecule has 2 heterocycles. The maximum absolute atomic E-state index is 4.75. The van der Waals surface area contributed by atoms with Gasteiger partial charge in [-0.3, -0.25) is 9.67 Å². The highest BCUT2D eigenvalue weighted by Gasteiger charge is 2.16. The quantitative estimate of drug-likeness (QED) is 0.451. The second-order valence-corrected chi connectivity index (χ2v) is 6.04. The van der Waals surface area contributed by atoms with Crippen LogP contribution < -0.4 is 10.6 Å². The van der Waals surface area contributed by atoms with E-state index in [1.807, 2.05) is 23.1 Å². The zero-order valence-corrected chi connectivity index (χ0v) is 14.0. The van der Waals surface area contributed by atoms with Crippen LogP contribution in [0.15, 0.2) is 23.5 Å². The summed E-state index contributed by atoms with van der Waals surface area (Å²) in [6.45, 7) is 8.17. The van der Waals surface area contributed by atoms with E-state index in [0.29, 0.717) is 5.92 Å². The highest BCUT2D eigenvalue weighted by atomic mass is 15.3. The normalized spacial score (nSPS) is 20.1. The molecule has 1 atom stereocenters. The van der Waals surface area contributed by atoms with Crippen LogP contribution in [0.2, 0.25) is 0 Å². The van der Waals surface area contributed by atoms with Gasteiger partial charge in [-0.1, -0.05) is 0 Å². The minimum absolute atomic E-state index is 0.693. The lowest BCUT2D eigenvalue weighted by molar-refractivity contribution is 0.214. The van der Waals surface area contributed by atoms with Gasteiger partial charge in [0.15, 0.2) is 5.96 Å². The Morgan fingerprint density at radius 1 is 1.41 bits per heavy atom. The van der Waals surface area contributed by atoms with Crippen LogP contribution in [0, 0.1) is 5.92 Å². The van der Waals surface area contributed by atoms with E-state index in [0.717, 1.165) is 38.6 Å². The number of rotatable bonds is 7. The maximum Gasteiger partial charge on any atom is 0.191 e. The molecule has 22 heavy (non-hydrogen) atoms. The average molecular weight is 306 g/mol. The lowest BCUT2D eigenvalue weighted by Gasteiger charge is -2.28. The molecule has 6 nitrogen and oxygen atoms in total. The summed E-state index contributed by atoms with van der Waals surface area (Å²) >= 11 is 0. The number of piperidine rings is 1. The first-order chi connectivity index (χ1) is 10.8. The first-order valence-electron chi connectivity index (χ1n) is 8.46. The summed E-state index contributed by atoms with van der Waals surface area (Å²) in [5, 5.41) is 11.0. The topological polar surface area (TPSA) is 57.5 Å². The number of aromatic nitrogens is 2. The number of likely N-dealkylation sites (tertiary alicyclic amines) is 1. The molecule has 124 valence electrons. The van der Waals surface area contributed by atoms with Gasteiger partial charge in [-0.15, -0.1) is 0 Å². The predicted octanol–water partition coefficient (Wildman–Crippen LogP) is 1.17. The Kier molecular flexibility index (Phi) is 7.22. The molecule has 0 radical (unpaired) electrons. The van der Waals surface area contributed by atoms with Crippen LogP contribution >= 0.6 is 0 Å². The van der Waals surface area contributed by atoms with E-state index in [-0.39, 0.29) is 0 Å². The van der Waals surface area contributed by atoms with E-state index < -0.39 is 0 Å². The average Bonchev–Trinajstić information content (AvgIpc) is 3.02. The Balaban J connectivity index is 1.69. The number of aliphatic imine (C=N–C) groups is 1. The third-order valence-electron chi connectivity index (χ3n) is 3.99. The van der Waals surface area contributed by atoms with Crippen molar-refractivity contribution >= 4 is 5.96 Å². The van der Waals surface area contributed by atoms with Crippen molar-refractivity contribution in [1.29, 1.82) is 0 Å². The molecule has 1 aliphatic rings. The van der Waals surface area contributed by atoms with E-state index in [4.69, 9.17) is 4.99 Å². The smallest absolute Gasteiger partial charge is 0.191 e. The highest BCUT2D eigenvalue weighted by molar-refractivity contribution is 5.79. The molecule has 1 saturated heterocycles. The van der Waals surface area contributed by atoms with E-state index >= 15 is 0 Å². The van der Waals surface area contributed by atoms with Crippen LogP contribution in [0.4, 0.5) is 0 Å². The van der Waals surface area contributed by atoms with Gasteiger partial charge in [-0.2, -0.15) is 5.10 Å². The van der Waals surface area contributed by atoms with Crippen molar-refractivity contribution in [3.05, 3.63) is 18.5 Å². The Morgan fingerprint density at radius 3 is 3.05 bits per heavy atom. The maximum atomic E-state index is 4.75. The fraction of sp³-hybridized carbons (Fsp3) is 0.750. The second-order valence-electron chi connectivity index (χ2n) is 6.04. The Bertz CT molecular complexity index is 428. The van der Waals surface area contributed by atoms with E-state index in [2.05, 4.69) is 34.6 Å². The van der Waals surface area contributed by atoms with Crippen molar-refractivity contribution in [3.63, 3.8) is 0 Å². The van der Waals surface area contributed by atoms with Crippen molar-refractivity contribution in [1.82, 2.24) is 25.3 Å². The molecule has 0 saturated carbocycles. The summed E-state index contributed by atoms with van der Waals surface area (Å²) in [5.41, 5.74) is 0. The summed E-state index contributed by atoms with van der Waals surface area (Å²) in [6.07, 6.45) is 7.45. The van der Waals surface area contributed by atoms with Gasteiger partial charge in [0.1, 0.15) is 0 Å². The molecule has 0 bridgehead atoms. The monoisotopic (exact) mass is 306 g/mol. The Morgan fingerprint density at radius 2 is 2.32 bits per heavy atom. The van der Waals surface area contributed by atoms with Gasteiger partial charge < -0.3 is 15.5 Å². The van der Waals surface area contributed by atoms with Crippen LogP contribution in [0.25, 0.3) is 0 Å². The molecule has 0 amide bonds. The summed E-state index contributed by atoms with van der Waals surface area (Å²) in [5.74, 6) is 1.63. The van der Waals surface area contributed by atoms with Crippen molar-refractivity contribution in [2.75, 3.05) is 39.8 Å². The number of nitrogens with zero attached hydrogens (tertiary/aromatic N) is 4. The lowest BCUT2D eigenvalue weighted by atomic mass is 9.99. The van der Waals surface area contributed by atoms with Gasteiger partial charge in [0, 0.05) is 45.1 Å². The Hall–Kier alpha value is -1.56. The van der Waals surface area contributed by atoms with Gasteiger partial charge in [-0.25, -0.2) is 0 Å². The molecule has 0 aliphatic carbocycles. The molecular weight excluding hydrogens is 276 g/mol. The third kappa shape index (κ3) is 6.05. The fourth-order valence-corrected chi connectivity index (χ4v) is 2.86. The molecular formula is C16H30N6. The molecule has 2 N–H and O–H groups in total. The van der Waals surface area contributed by atoms with Gasteiger partial charge >= 0.3 is 0 Å². The van der Waals surface area contributed by atoms with Crippen molar-refractivity contribution in [2.24, 2.45) is 10.9 Å². The van der Waals surface area contributed by atoms with Gasteiger partial charge in [-0.05, 0) is 51.8 Å². The summed E-state index contributed by atoms with van der Waals surface area (Å²) in [4.78, 5) is 7.16. The third-order valence-corrected chi connectivity index (χ3v) is 3.99. The van der Waals surface area contributed by atoms with Gasteiger partial charge in [0.2, 0.25) is 0 Å². The molecule has 1 aliphatic heterocycles. The molecule has 0 aromatic carbocycles. The molecule has 0 spiro atoms. The number of aryl methyl sites for hydroxylation is 1. The molecule has 6 heteroatoms. The number of hydrogen-bond acceptors (Lipinski definition) is 3. The summed E-state index contributed by atoms with van der Waals surface area (Å²) in [6, 6.07) is 1.96. The van der Waals surface area contributed by atoms with E-state index in [1.165, 1.54) is 25.9 Å². The summed E-state index contributed by atoms with van der Waals surface area (Å²) in [7, 11) is 2.20. The lowest BCUT2D eigenvalue weighted by Crippen LogP contribution is -2.39. The number of hydrogen-bond donors (Lipinski definition) is 2. The second kappa shape index (κ2) is 9.46. The first kappa shape index (κ1) is 16.8. The largest absolute Gasteiger partial charge is 0.357 e. The first-order valence-corrected chi connectivity index (χ1v) is 8.46. The zero-order chi connectivity index (χ0) is 15.6. The van der Waals surface area contributed by atoms with Crippen molar-refractivity contribution in [3.8, 4) is 0 Å².